The van der Waals surface area contributed by atoms with Crippen molar-refractivity contribution in [3.05, 3.63) is 65.5 Å². The minimum absolute atomic E-state index is 0.0449. The first-order chi connectivity index (χ1) is 35.9. The number of nitriles is 1. The fourth-order valence-electron chi connectivity index (χ4n) is 12.1. The van der Waals surface area contributed by atoms with Crippen LogP contribution in [0.25, 0.3) is 33.3 Å². The minimum Gasteiger partial charge on any atom is -0.491 e. The molecule has 4 aromatic rings. The van der Waals surface area contributed by atoms with Gasteiger partial charge in [-0.15, -0.1) is 0 Å². The number of carbonyl (C=O) groups excluding carboxylic acids is 3. The lowest BCUT2D eigenvalue weighted by Gasteiger charge is -2.37. The van der Waals surface area contributed by atoms with Gasteiger partial charge in [0.1, 0.15) is 18.4 Å². The first-order valence-electron chi connectivity index (χ1n) is 27.4. The molecule has 10 rings (SSSR count). The Bertz CT molecular complexity index is 2690. The summed E-state index contributed by atoms with van der Waals surface area (Å²) in [6, 6.07) is 17.7. The van der Waals surface area contributed by atoms with Crippen molar-refractivity contribution in [3.63, 3.8) is 0 Å². The predicted octanol–water partition coefficient (Wildman–Crippen LogP) is 7.24. The highest BCUT2D eigenvalue weighted by Crippen LogP contribution is 2.49. The number of hydrogen-bond acceptors (Lipinski definition) is 13. The standard InChI is InChI=1S/C58H77N9O7/c1-38(71-5)55-49(31-46(34-60-55)65-21-19-64(20-22-65)44-9-10-44)56-50(32-58(2,3)36-72-37-68)48-30-42(8-11-52(48)67(56)45-25-40(26-45)33-59)43-24-39-27-47(29-43)74-35-53(41-12-17-63(4)18-13-41)73-23-14-54(69)62-51(28-39)57(70)66-16-7-6-15-61-66/h8,11,24,27,29-31,34,37-38,40-41,44-45,51,53,61H,6-7,9-10,12-23,25-26,28,32,35-36H2,1-5H3,(H,62,69)/t38-,40?,45?,51-,53+/m0/s1. The van der Waals surface area contributed by atoms with Gasteiger partial charge in [-0.2, -0.15) is 5.26 Å². The number of aromatic nitrogens is 2. The summed E-state index contributed by atoms with van der Waals surface area (Å²) in [6.07, 6.45) is 10.3. The van der Waals surface area contributed by atoms with E-state index in [0.29, 0.717) is 38.3 Å². The highest BCUT2D eigenvalue weighted by atomic mass is 16.5. The quantitative estimate of drug-likeness (QED) is 0.122. The number of anilines is 1. The maximum absolute atomic E-state index is 14.3. The second-order valence-electron chi connectivity index (χ2n) is 22.8. The SMILES string of the molecule is CO[C@@H](C)c1ncc(N2CCN(C3CC3)CC2)cc1-c1c(CC(C)(C)COC=O)c2cc(-c3cc4cc(c3)OC[C@H](C3CCN(C)CC3)OCCC(=O)N[C@H](C(=O)N3CCCCN3)C4)ccc2n1C1CC(C#N)C1. The van der Waals surface area contributed by atoms with E-state index >= 15 is 0 Å². The van der Waals surface area contributed by atoms with Crippen molar-refractivity contribution in [1.29, 1.82) is 5.26 Å². The molecule has 5 fully saturated rings. The first kappa shape index (κ1) is 51.9. The van der Waals surface area contributed by atoms with Gasteiger partial charge >= 0.3 is 0 Å². The predicted molar refractivity (Wildman–Crippen MR) is 284 cm³/mol. The third-order valence-corrected chi connectivity index (χ3v) is 16.7. The molecule has 3 saturated heterocycles. The van der Waals surface area contributed by atoms with Gasteiger partial charge in [0.25, 0.3) is 12.4 Å². The zero-order valence-electron chi connectivity index (χ0n) is 44.3. The van der Waals surface area contributed by atoms with Crippen molar-refractivity contribution in [2.45, 2.75) is 122 Å². The third-order valence-electron chi connectivity index (χ3n) is 16.7. The largest absolute Gasteiger partial charge is 0.491 e. The minimum atomic E-state index is -0.807. The number of piperidine rings is 1. The number of carbonyl (C=O) groups is 3. The molecule has 0 spiro atoms. The van der Waals surface area contributed by atoms with Gasteiger partial charge < -0.3 is 38.6 Å². The lowest BCUT2D eigenvalue weighted by atomic mass is 9.80. The molecule has 2 N–H and O–H groups in total. The van der Waals surface area contributed by atoms with Crippen LogP contribution in [0.2, 0.25) is 0 Å². The molecule has 2 aliphatic carbocycles. The number of fused-ring (bicyclic) bond motifs is 3. The number of methoxy groups -OCH3 is 1. The average molecular weight is 1010 g/mol. The Balaban J connectivity index is 1.11. The molecule has 2 aromatic heterocycles. The van der Waals surface area contributed by atoms with Crippen LogP contribution >= 0.6 is 0 Å². The Kier molecular flexibility index (Phi) is 15.9. The van der Waals surface area contributed by atoms with Crippen LogP contribution in [-0.2, 0) is 41.4 Å². The summed E-state index contributed by atoms with van der Waals surface area (Å²) in [7, 11) is 3.88. The lowest BCUT2D eigenvalue weighted by molar-refractivity contribution is -0.140. The maximum atomic E-state index is 14.3. The second kappa shape index (κ2) is 22.7. The van der Waals surface area contributed by atoms with Crippen molar-refractivity contribution >= 4 is 34.9 Å². The van der Waals surface area contributed by atoms with Crippen LogP contribution in [0.1, 0.15) is 108 Å². The number of nitrogens with one attached hydrogen (secondary N) is 2. The molecule has 0 unspecified atom stereocenters. The molecule has 0 radical (unpaired) electrons. The summed E-state index contributed by atoms with van der Waals surface area (Å²) in [4.78, 5) is 52.4. The van der Waals surface area contributed by atoms with E-state index in [1.165, 1.54) is 12.8 Å². The van der Waals surface area contributed by atoms with Crippen molar-refractivity contribution in [1.82, 2.24) is 35.1 Å². The lowest BCUT2D eigenvalue weighted by Crippen LogP contribution is -2.56. The van der Waals surface area contributed by atoms with Gasteiger partial charge in [0, 0.05) is 93.2 Å². The van der Waals surface area contributed by atoms with E-state index < -0.39 is 11.5 Å². The molecule has 2 saturated carbocycles. The maximum Gasteiger partial charge on any atom is 0.293 e. The normalized spacial score (nSPS) is 24.4. The molecule has 6 heterocycles. The Hall–Kier alpha value is -5.57. The van der Waals surface area contributed by atoms with Crippen LogP contribution in [0.5, 0.6) is 5.75 Å². The number of piperazine rings is 1. The summed E-state index contributed by atoms with van der Waals surface area (Å²) < 4.78 is 27.4. The van der Waals surface area contributed by atoms with Gasteiger partial charge in [0.15, 0.2) is 0 Å². The summed E-state index contributed by atoms with van der Waals surface area (Å²) in [5, 5.41) is 16.0. The van der Waals surface area contributed by atoms with Crippen molar-refractivity contribution < 1.29 is 33.3 Å². The van der Waals surface area contributed by atoms with E-state index in [9.17, 15) is 19.6 Å². The Morgan fingerprint density at radius 2 is 1.78 bits per heavy atom. The fourth-order valence-corrected chi connectivity index (χ4v) is 12.1. The van der Waals surface area contributed by atoms with E-state index in [1.54, 1.807) is 12.1 Å². The molecule has 16 heteroatoms. The number of benzene rings is 2. The number of ether oxygens (including phenoxy) is 4. The van der Waals surface area contributed by atoms with Gasteiger partial charge in [-0.25, -0.2) is 5.43 Å². The molecular weight excluding hydrogens is 935 g/mol. The van der Waals surface area contributed by atoms with Crippen molar-refractivity contribution in [3.8, 4) is 34.2 Å². The fraction of sp³-hybridized carbons (Fsp3) is 0.603. The number of nitrogens with zero attached hydrogens (tertiary/aromatic N) is 7. The molecule has 2 amide bonds. The monoisotopic (exact) mass is 1010 g/mol. The van der Waals surface area contributed by atoms with Gasteiger partial charge in [0.05, 0.1) is 60.7 Å². The van der Waals surface area contributed by atoms with Gasteiger partial charge in [-0.3, -0.25) is 29.3 Å². The summed E-state index contributed by atoms with van der Waals surface area (Å²) >= 11 is 0. The molecule has 396 valence electrons. The number of pyridine rings is 1. The zero-order chi connectivity index (χ0) is 51.5. The number of hydrogen-bond donors (Lipinski definition) is 2. The molecule has 3 atom stereocenters. The third kappa shape index (κ3) is 11.6. The first-order valence-corrected chi connectivity index (χ1v) is 27.4. The van der Waals surface area contributed by atoms with Crippen LogP contribution in [0, 0.1) is 28.6 Å². The highest BCUT2D eigenvalue weighted by Gasteiger charge is 2.38. The van der Waals surface area contributed by atoms with E-state index in [1.807, 2.05) is 19.2 Å². The average Bonchev–Trinajstić information content (AvgIpc) is 4.21. The van der Waals surface area contributed by atoms with E-state index in [4.69, 9.17) is 23.9 Å². The van der Waals surface area contributed by atoms with Crippen molar-refractivity contribution in [2.24, 2.45) is 17.3 Å². The van der Waals surface area contributed by atoms with Crippen LogP contribution in [0.15, 0.2) is 48.7 Å². The summed E-state index contributed by atoms with van der Waals surface area (Å²) in [5.41, 5.74) is 11.7. The zero-order valence-corrected chi connectivity index (χ0v) is 44.3. The Morgan fingerprint density at radius 1 is 0.986 bits per heavy atom. The summed E-state index contributed by atoms with van der Waals surface area (Å²) in [6.45, 7) is 14.8. The Labute approximate surface area is 437 Å². The smallest absolute Gasteiger partial charge is 0.293 e. The van der Waals surface area contributed by atoms with Crippen LogP contribution in [-0.4, -0.2) is 147 Å². The summed E-state index contributed by atoms with van der Waals surface area (Å²) in [5.74, 6) is 0.529. The van der Waals surface area contributed by atoms with E-state index in [0.717, 1.165) is 140 Å². The number of rotatable bonds is 14. The second-order valence-corrected chi connectivity index (χ2v) is 22.8. The molecule has 74 heavy (non-hydrogen) atoms. The molecule has 2 aromatic carbocycles. The topological polar surface area (TPSA) is 167 Å². The number of likely N-dealkylation sites (tertiary alicyclic amines) is 1. The van der Waals surface area contributed by atoms with Crippen LogP contribution in [0.4, 0.5) is 5.69 Å². The van der Waals surface area contributed by atoms with E-state index in [-0.39, 0.29) is 68.0 Å². The van der Waals surface area contributed by atoms with Crippen LogP contribution < -0.4 is 20.4 Å². The molecular formula is C58H77N9O7. The molecule has 2 bridgehead atoms. The highest BCUT2D eigenvalue weighted by molar-refractivity contribution is 5.96. The molecule has 4 aliphatic heterocycles. The van der Waals surface area contributed by atoms with Gasteiger partial charge in [0.2, 0.25) is 5.91 Å². The number of hydrazine groups is 1. The van der Waals surface area contributed by atoms with Gasteiger partial charge in [-0.1, -0.05) is 26.0 Å². The Morgan fingerprint density at radius 3 is 2.50 bits per heavy atom. The molecule has 16 nitrogen and oxygen atoms in total. The number of amides is 2. The molecule has 6 aliphatic rings. The van der Waals surface area contributed by atoms with E-state index in [2.05, 4.69) is 93.4 Å². The van der Waals surface area contributed by atoms with Gasteiger partial charge in [-0.05, 0) is 143 Å². The van der Waals surface area contributed by atoms with Crippen molar-refractivity contribution in [2.75, 3.05) is 91.2 Å². The van der Waals surface area contributed by atoms with Crippen LogP contribution in [0.3, 0.4) is 0 Å².